The van der Waals surface area contributed by atoms with E-state index in [-0.39, 0.29) is 52.3 Å². The van der Waals surface area contributed by atoms with Crippen LogP contribution in [-0.2, 0) is 28.6 Å². The molecule has 0 amide bonds. The highest BCUT2D eigenvalue weighted by Gasteiger charge is 2.64. The summed E-state index contributed by atoms with van der Waals surface area (Å²) in [5.74, 6) is 1.35. The Kier molecular flexibility index (Phi) is 7.77. The van der Waals surface area contributed by atoms with E-state index in [0.29, 0.717) is 55.3 Å². The topological polar surface area (TPSA) is 99.1 Å². The van der Waals surface area contributed by atoms with E-state index < -0.39 is 11.2 Å². The normalized spacial score (nSPS) is 49.5. The summed E-state index contributed by atoms with van der Waals surface area (Å²) < 4.78 is 18.5. The second kappa shape index (κ2) is 11.0. The van der Waals surface area contributed by atoms with Crippen LogP contribution in [0.25, 0.3) is 0 Å². The zero-order valence-corrected chi connectivity index (χ0v) is 28.5. The van der Waals surface area contributed by atoms with E-state index >= 15 is 0 Å². The molecule has 0 aromatic heterocycles. The van der Waals surface area contributed by atoms with Gasteiger partial charge in [-0.3, -0.25) is 14.4 Å². The fraction of sp³-hybridized carbons (Fsp3) is 0.921. The molecule has 0 aromatic rings. The van der Waals surface area contributed by atoms with Crippen molar-refractivity contribution in [1.29, 1.82) is 0 Å². The molecule has 252 valence electrons. The minimum atomic E-state index is -0.668. The number of hydrogen-bond acceptors (Lipinski definition) is 7. The van der Waals surface area contributed by atoms with Gasteiger partial charge >= 0.3 is 17.9 Å². The third-order valence-electron chi connectivity index (χ3n) is 15.0. The molecule has 8 aliphatic rings. The van der Waals surface area contributed by atoms with Crippen LogP contribution in [0.1, 0.15) is 144 Å². The Morgan fingerprint density at radius 1 is 0.911 bits per heavy atom. The summed E-state index contributed by atoms with van der Waals surface area (Å²) >= 11 is 0. The Morgan fingerprint density at radius 2 is 1.62 bits per heavy atom. The predicted octanol–water partition coefficient (Wildman–Crippen LogP) is 7.31. The summed E-state index contributed by atoms with van der Waals surface area (Å²) in [5, 5.41) is 11.1. The zero-order chi connectivity index (χ0) is 32.0. The maximum absolute atomic E-state index is 13.5. The smallest absolute Gasteiger partial charge is 0.309 e. The zero-order valence-electron chi connectivity index (χ0n) is 28.5. The van der Waals surface area contributed by atoms with Crippen LogP contribution in [0.2, 0.25) is 0 Å². The van der Waals surface area contributed by atoms with Crippen LogP contribution in [0.5, 0.6) is 0 Å². The van der Waals surface area contributed by atoms with Crippen molar-refractivity contribution in [2.75, 3.05) is 0 Å². The quantitative estimate of drug-likeness (QED) is 0.234. The highest BCUT2D eigenvalue weighted by molar-refractivity contribution is 5.76. The molecule has 0 radical (unpaired) electrons. The van der Waals surface area contributed by atoms with Crippen molar-refractivity contribution in [1.82, 2.24) is 0 Å². The number of esters is 3. The van der Waals surface area contributed by atoms with E-state index in [4.69, 9.17) is 14.2 Å². The number of aliphatic hydroxyl groups is 1. The first-order valence-corrected chi connectivity index (χ1v) is 18.6. The first-order valence-electron chi connectivity index (χ1n) is 18.6. The summed E-state index contributed by atoms with van der Waals surface area (Å²) in [4.78, 5) is 39.1. The van der Waals surface area contributed by atoms with Gasteiger partial charge in [-0.05, 0) is 138 Å². The minimum absolute atomic E-state index is 0.0306. The third kappa shape index (κ3) is 5.37. The van der Waals surface area contributed by atoms with Crippen LogP contribution in [0, 0.1) is 52.3 Å². The van der Waals surface area contributed by atoms with Gasteiger partial charge in [-0.15, -0.1) is 0 Å². The second-order valence-corrected chi connectivity index (χ2v) is 18.1. The maximum Gasteiger partial charge on any atom is 0.309 e. The van der Waals surface area contributed by atoms with Gasteiger partial charge in [0, 0.05) is 18.8 Å². The van der Waals surface area contributed by atoms with Gasteiger partial charge in [0.2, 0.25) is 0 Å². The minimum Gasteiger partial charge on any atom is -0.462 e. The van der Waals surface area contributed by atoms with Crippen molar-refractivity contribution < 1.29 is 33.7 Å². The SMILES string of the molecule is CCC(CC(C)C(=O)OC12CC3CC(CC(O)(C3)C1)C2)C(=O)OC1CC[C@@]2(C)C(CC[C@]3(C)C2CC[C@]2(C)OC(=O)CCC32)C1. The van der Waals surface area contributed by atoms with E-state index in [9.17, 15) is 19.5 Å². The van der Waals surface area contributed by atoms with Crippen LogP contribution in [-0.4, -0.2) is 45.9 Å². The molecule has 8 rings (SSSR count). The largest absolute Gasteiger partial charge is 0.462 e. The Labute approximate surface area is 270 Å². The first-order chi connectivity index (χ1) is 21.2. The average molecular weight is 627 g/mol. The number of fused-ring (bicyclic) bond motifs is 5. The Morgan fingerprint density at radius 3 is 2.31 bits per heavy atom. The van der Waals surface area contributed by atoms with Crippen LogP contribution < -0.4 is 0 Å². The summed E-state index contributed by atoms with van der Waals surface area (Å²) in [7, 11) is 0. The molecule has 45 heavy (non-hydrogen) atoms. The van der Waals surface area contributed by atoms with Crippen molar-refractivity contribution in [2.24, 2.45) is 52.3 Å². The van der Waals surface area contributed by atoms with Crippen LogP contribution in [0.4, 0.5) is 0 Å². The molecule has 7 aliphatic carbocycles. The standard InChI is InChI=1S/C38H58O7/c1-6-26(15-23(2)32(40)45-38-20-24-16-25(21-38)19-37(42,18-24)22-38)33(41)43-28-10-13-34(3)27(17-28)9-12-35(4)29(34)11-14-36(5)30(35)7-8-31(39)44-36/h23-30,42H,6-22H2,1-5H3/t23?,24?,25?,26?,27?,28?,29?,30?,34-,35+,36-,37?,38?/m0/s1. The Hall–Kier alpha value is -1.63. The van der Waals surface area contributed by atoms with Crippen LogP contribution in [0.3, 0.4) is 0 Å². The van der Waals surface area contributed by atoms with E-state index in [2.05, 4.69) is 20.8 Å². The maximum atomic E-state index is 13.5. The number of rotatable bonds is 7. The lowest BCUT2D eigenvalue weighted by Gasteiger charge is -2.66. The molecule has 11 atom stereocenters. The number of hydrogen-bond donors (Lipinski definition) is 1. The lowest BCUT2D eigenvalue weighted by atomic mass is 9.40. The molecule has 4 bridgehead atoms. The van der Waals surface area contributed by atoms with Crippen LogP contribution >= 0.6 is 0 Å². The molecule has 7 heteroatoms. The van der Waals surface area contributed by atoms with Gasteiger partial charge in [0.25, 0.3) is 0 Å². The lowest BCUT2D eigenvalue weighted by molar-refractivity contribution is -0.230. The van der Waals surface area contributed by atoms with Crippen molar-refractivity contribution >= 4 is 17.9 Å². The number of carbonyl (C=O) groups excluding carboxylic acids is 3. The second-order valence-electron chi connectivity index (χ2n) is 18.1. The molecule has 1 N–H and O–H groups in total. The van der Waals surface area contributed by atoms with Crippen molar-refractivity contribution in [3.05, 3.63) is 0 Å². The van der Waals surface area contributed by atoms with Gasteiger partial charge in [-0.2, -0.15) is 0 Å². The summed E-state index contributed by atoms with van der Waals surface area (Å²) in [6.07, 6.45) is 14.9. The molecule has 0 spiro atoms. The molecular formula is C38H58O7. The fourth-order valence-corrected chi connectivity index (χ4v) is 13.3. The van der Waals surface area contributed by atoms with Crippen LogP contribution in [0.15, 0.2) is 0 Å². The monoisotopic (exact) mass is 626 g/mol. The summed E-state index contributed by atoms with van der Waals surface area (Å²) in [6, 6.07) is 0. The molecule has 1 saturated heterocycles. The molecule has 7 nitrogen and oxygen atoms in total. The van der Waals surface area contributed by atoms with Gasteiger partial charge in [-0.25, -0.2) is 0 Å². The van der Waals surface area contributed by atoms with Gasteiger partial charge in [0.05, 0.1) is 17.4 Å². The molecule has 7 saturated carbocycles. The molecular weight excluding hydrogens is 568 g/mol. The number of ether oxygens (including phenoxy) is 3. The molecule has 1 aliphatic heterocycles. The summed E-state index contributed by atoms with van der Waals surface area (Å²) in [5.41, 5.74) is -1.13. The Bertz CT molecular complexity index is 1200. The first kappa shape index (κ1) is 31.9. The molecule has 8 fully saturated rings. The molecule has 1 heterocycles. The van der Waals surface area contributed by atoms with Crippen molar-refractivity contribution in [2.45, 2.75) is 167 Å². The van der Waals surface area contributed by atoms with Gasteiger partial charge in [-0.1, -0.05) is 27.7 Å². The molecule has 0 aromatic carbocycles. The van der Waals surface area contributed by atoms with Gasteiger partial charge in [0.1, 0.15) is 17.3 Å². The molecule has 8 unspecified atom stereocenters. The van der Waals surface area contributed by atoms with Crippen molar-refractivity contribution in [3.8, 4) is 0 Å². The third-order valence-corrected chi connectivity index (χ3v) is 15.0. The predicted molar refractivity (Wildman–Crippen MR) is 169 cm³/mol. The highest BCUT2D eigenvalue weighted by atomic mass is 16.6. The van der Waals surface area contributed by atoms with E-state index in [0.717, 1.165) is 83.5 Å². The van der Waals surface area contributed by atoms with E-state index in [1.54, 1.807) is 0 Å². The Balaban J connectivity index is 0.946. The fourth-order valence-electron chi connectivity index (χ4n) is 13.3. The van der Waals surface area contributed by atoms with Crippen molar-refractivity contribution in [3.63, 3.8) is 0 Å². The lowest BCUT2D eigenvalue weighted by Crippen LogP contribution is -2.63. The summed E-state index contributed by atoms with van der Waals surface area (Å²) in [6.45, 7) is 11.1. The average Bonchev–Trinajstić information content (AvgIpc) is 2.93. The highest BCUT2D eigenvalue weighted by Crippen LogP contribution is 2.68. The van der Waals surface area contributed by atoms with Gasteiger partial charge < -0.3 is 19.3 Å². The number of carbonyl (C=O) groups is 3. The van der Waals surface area contributed by atoms with Gasteiger partial charge in [0.15, 0.2) is 0 Å². The van der Waals surface area contributed by atoms with E-state index in [1.807, 2.05) is 13.8 Å². The van der Waals surface area contributed by atoms with E-state index in [1.165, 1.54) is 0 Å².